The van der Waals surface area contributed by atoms with Crippen LogP contribution in [0.1, 0.15) is 13.3 Å². The van der Waals surface area contributed by atoms with Gasteiger partial charge in [0, 0.05) is 26.2 Å². The number of hydrogen-bond acceptors (Lipinski definition) is 6. The number of carbonyl (C=O) groups is 1. The summed E-state index contributed by atoms with van der Waals surface area (Å²) < 4.78 is 16.3. The molecule has 0 aromatic heterocycles. The van der Waals surface area contributed by atoms with Gasteiger partial charge in [0.15, 0.2) is 5.75 Å². The third-order valence-corrected chi connectivity index (χ3v) is 4.92. The molecule has 0 atom stereocenters. The van der Waals surface area contributed by atoms with Crippen LogP contribution in [-0.2, 0) is 4.74 Å². The van der Waals surface area contributed by atoms with Crippen LogP contribution >= 0.6 is 0 Å². The summed E-state index contributed by atoms with van der Waals surface area (Å²) in [5, 5.41) is 2.79. The van der Waals surface area contributed by atoms with Gasteiger partial charge in [-0.05, 0) is 30.7 Å². The normalized spacial score (nSPS) is 13.8. The second kappa shape index (κ2) is 9.91. The molecular weight excluding hydrogens is 370 g/mol. The fourth-order valence-corrected chi connectivity index (χ4v) is 3.51. The zero-order chi connectivity index (χ0) is 20.6. The van der Waals surface area contributed by atoms with E-state index < -0.39 is 6.09 Å². The van der Waals surface area contributed by atoms with Crippen molar-refractivity contribution in [2.24, 2.45) is 0 Å². The van der Waals surface area contributed by atoms with Crippen LogP contribution < -0.4 is 24.6 Å². The molecule has 0 unspecified atom stereocenters. The summed E-state index contributed by atoms with van der Waals surface area (Å²) in [5.74, 6) is 1.53. The van der Waals surface area contributed by atoms with Crippen LogP contribution in [0.15, 0.2) is 42.5 Å². The van der Waals surface area contributed by atoms with Gasteiger partial charge in [-0.3, -0.25) is 5.32 Å². The molecule has 0 saturated carbocycles. The lowest BCUT2D eigenvalue weighted by Gasteiger charge is -2.38. The summed E-state index contributed by atoms with van der Waals surface area (Å²) in [6, 6.07) is 13.8. The number of piperazine rings is 1. The Balaban J connectivity index is 1.72. The molecule has 1 heterocycles. The average molecular weight is 399 g/mol. The van der Waals surface area contributed by atoms with Gasteiger partial charge in [-0.2, -0.15) is 0 Å². The maximum absolute atomic E-state index is 12.0. The second-order valence-corrected chi connectivity index (χ2v) is 6.76. The van der Waals surface area contributed by atoms with Gasteiger partial charge in [0.25, 0.3) is 0 Å². The third-order valence-electron chi connectivity index (χ3n) is 4.92. The Bertz CT molecular complexity index is 819. The van der Waals surface area contributed by atoms with Crippen molar-refractivity contribution >= 4 is 23.2 Å². The first kappa shape index (κ1) is 20.6. The minimum absolute atomic E-state index is 0.388. The number of carbonyl (C=O) groups excluding carboxylic acids is 1. The molecule has 1 N–H and O–H groups in total. The Morgan fingerprint density at radius 3 is 2.24 bits per heavy atom. The number of methoxy groups -OCH3 is 2. The van der Waals surface area contributed by atoms with Crippen molar-refractivity contribution in [2.45, 2.75) is 13.3 Å². The van der Waals surface area contributed by atoms with Crippen molar-refractivity contribution in [1.29, 1.82) is 0 Å². The summed E-state index contributed by atoms with van der Waals surface area (Å²) in [4.78, 5) is 16.6. The molecule has 7 heteroatoms. The molecule has 0 spiro atoms. The molecule has 0 radical (unpaired) electrons. The zero-order valence-electron chi connectivity index (χ0n) is 17.3. The van der Waals surface area contributed by atoms with E-state index in [2.05, 4.69) is 21.2 Å². The summed E-state index contributed by atoms with van der Waals surface area (Å²) in [6.45, 7) is 5.73. The molecule has 7 nitrogen and oxygen atoms in total. The predicted octanol–water partition coefficient (Wildman–Crippen LogP) is 3.99. The Labute approximate surface area is 172 Å². The average Bonchev–Trinajstić information content (AvgIpc) is 2.77. The third kappa shape index (κ3) is 4.85. The predicted molar refractivity (Wildman–Crippen MR) is 116 cm³/mol. The molecular formula is C22H29N3O4. The SMILES string of the molecule is CCCOC(=O)Nc1cccc(N2CCN(c3ccccc3OC)CC2)c1OC. The van der Waals surface area contributed by atoms with E-state index in [9.17, 15) is 4.79 Å². The van der Waals surface area contributed by atoms with Gasteiger partial charge in [-0.1, -0.05) is 25.1 Å². The Morgan fingerprint density at radius 1 is 0.931 bits per heavy atom. The highest BCUT2D eigenvalue weighted by atomic mass is 16.5. The van der Waals surface area contributed by atoms with Crippen molar-refractivity contribution < 1.29 is 19.0 Å². The van der Waals surface area contributed by atoms with E-state index in [0.29, 0.717) is 18.0 Å². The van der Waals surface area contributed by atoms with Gasteiger partial charge in [-0.15, -0.1) is 0 Å². The second-order valence-electron chi connectivity index (χ2n) is 6.76. The highest BCUT2D eigenvalue weighted by molar-refractivity contribution is 5.89. The van der Waals surface area contributed by atoms with E-state index in [4.69, 9.17) is 14.2 Å². The lowest BCUT2D eigenvalue weighted by molar-refractivity contribution is 0.161. The number of para-hydroxylation sites is 3. The molecule has 2 aromatic rings. The first-order chi connectivity index (χ1) is 14.2. The van der Waals surface area contributed by atoms with Crippen LogP contribution in [0.5, 0.6) is 11.5 Å². The van der Waals surface area contributed by atoms with Gasteiger partial charge in [0.2, 0.25) is 0 Å². The Morgan fingerprint density at radius 2 is 1.59 bits per heavy atom. The largest absolute Gasteiger partial charge is 0.495 e. The van der Waals surface area contributed by atoms with Crippen molar-refractivity contribution in [2.75, 3.05) is 62.1 Å². The maximum Gasteiger partial charge on any atom is 0.411 e. The molecule has 29 heavy (non-hydrogen) atoms. The smallest absolute Gasteiger partial charge is 0.411 e. The number of hydrogen-bond donors (Lipinski definition) is 1. The van der Waals surface area contributed by atoms with E-state index in [1.54, 1.807) is 14.2 Å². The molecule has 1 fully saturated rings. The molecule has 0 bridgehead atoms. The standard InChI is InChI=1S/C22H29N3O4/c1-4-16-29-22(26)23-17-8-7-10-19(21(17)28-3)25-14-12-24(13-15-25)18-9-5-6-11-20(18)27-2/h5-11H,4,12-16H2,1-3H3,(H,23,26). The Kier molecular flexibility index (Phi) is 7.05. The molecule has 1 saturated heterocycles. The van der Waals surface area contributed by atoms with Crippen LogP contribution in [0.25, 0.3) is 0 Å². The van der Waals surface area contributed by atoms with Crippen molar-refractivity contribution in [3.8, 4) is 11.5 Å². The van der Waals surface area contributed by atoms with Crippen LogP contribution in [0.4, 0.5) is 21.9 Å². The molecule has 156 valence electrons. The molecule has 3 rings (SSSR count). The molecule has 1 aliphatic heterocycles. The fraction of sp³-hybridized carbons (Fsp3) is 0.409. The van der Waals surface area contributed by atoms with Crippen LogP contribution in [-0.4, -0.2) is 53.1 Å². The van der Waals surface area contributed by atoms with Gasteiger partial charge < -0.3 is 24.0 Å². The first-order valence-electron chi connectivity index (χ1n) is 9.91. The van der Waals surface area contributed by atoms with E-state index >= 15 is 0 Å². The van der Waals surface area contributed by atoms with E-state index in [1.165, 1.54) is 0 Å². The van der Waals surface area contributed by atoms with Crippen molar-refractivity contribution in [1.82, 2.24) is 0 Å². The molecule has 1 aliphatic rings. The first-order valence-corrected chi connectivity index (χ1v) is 9.91. The van der Waals surface area contributed by atoms with Gasteiger partial charge in [0.1, 0.15) is 5.75 Å². The minimum atomic E-state index is -0.469. The van der Waals surface area contributed by atoms with Crippen molar-refractivity contribution in [3.05, 3.63) is 42.5 Å². The minimum Gasteiger partial charge on any atom is -0.495 e. The van der Waals surface area contributed by atoms with Crippen LogP contribution in [0.3, 0.4) is 0 Å². The van der Waals surface area contributed by atoms with Crippen molar-refractivity contribution in [3.63, 3.8) is 0 Å². The lowest BCUT2D eigenvalue weighted by atomic mass is 10.2. The lowest BCUT2D eigenvalue weighted by Crippen LogP contribution is -2.46. The van der Waals surface area contributed by atoms with E-state index in [0.717, 1.165) is 49.7 Å². The highest BCUT2D eigenvalue weighted by Crippen LogP contribution is 2.37. The number of nitrogens with zero attached hydrogens (tertiary/aromatic N) is 2. The number of ether oxygens (including phenoxy) is 3. The van der Waals surface area contributed by atoms with Gasteiger partial charge >= 0.3 is 6.09 Å². The summed E-state index contributed by atoms with van der Waals surface area (Å²) in [5.41, 5.74) is 2.68. The monoisotopic (exact) mass is 399 g/mol. The highest BCUT2D eigenvalue weighted by Gasteiger charge is 2.23. The summed E-state index contributed by atoms with van der Waals surface area (Å²) >= 11 is 0. The van der Waals surface area contributed by atoms with Gasteiger partial charge in [0.05, 0.1) is 37.9 Å². The number of benzene rings is 2. The molecule has 0 aliphatic carbocycles. The van der Waals surface area contributed by atoms with Gasteiger partial charge in [-0.25, -0.2) is 4.79 Å². The zero-order valence-corrected chi connectivity index (χ0v) is 17.3. The number of anilines is 3. The topological polar surface area (TPSA) is 63.3 Å². The number of nitrogens with one attached hydrogen (secondary N) is 1. The quantitative estimate of drug-likeness (QED) is 0.760. The maximum atomic E-state index is 12.0. The Hall–Kier alpha value is -3.09. The summed E-state index contributed by atoms with van der Waals surface area (Å²) in [6.07, 6.45) is 0.310. The summed E-state index contributed by atoms with van der Waals surface area (Å²) in [7, 11) is 3.32. The van der Waals surface area contributed by atoms with E-state index in [-0.39, 0.29) is 0 Å². The van der Waals surface area contributed by atoms with Crippen LogP contribution in [0.2, 0.25) is 0 Å². The fourth-order valence-electron chi connectivity index (χ4n) is 3.51. The number of rotatable bonds is 7. The molecule has 2 aromatic carbocycles. The van der Waals surface area contributed by atoms with E-state index in [1.807, 2.05) is 43.3 Å². The van der Waals surface area contributed by atoms with Crippen LogP contribution in [0, 0.1) is 0 Å². The molecule has 1 amide bonds. The number of amides is 1.